The molecule has 68 valence electrons. The summed E-state index contributed by atoms with van der Waals surface area (Å²) in [6.07, 6.45) is 1.88. The van der Waals surface area contributed by atoms with Gasteiger partial charge in [-0.05, 0) is 6.92 Å². The number of rotatable bonds is 3. The molecule has 0 saturated heterocycles. The highest BCUT2D eigenvalue weighted by atomic mass is 16.5. The molecule has 0 unspecified atom stereocenters. The second-order valence-electron chi connectivity index (χ2n) is 2.64. The summed E-state index contributed by atoms with van der Waals surface area (Å²) in [6.45, 7) is 2.68. The van der Waals surface area contributed by atoms with Gasteiger partial charge in [0.25, 0.3) is 0 Å². The number of ether oxygens (including phenoxy) is 1. The number of hydrogen-bond donors (Lipinski definition) is 2. The van der Waals surface area contributed by atoms with Gasteiger partial charge in [0.05, 0.1) is 6.10 Å². The molecule has 5 heteroatoms. The van der Waals surface area contributed by atoms with Gasteiger partial charge in [0.1, 0.15) is 0 Å². The van der Waals surface area contributed by atoms with Crippen molar-refractivity contribution < 1.29 is 9.53 Å². The number of carbonyl (C=O) groups excluding carboxylic acids is 1. The molecule has 0 atom stereocenters. The van der Waals surface area contributed by atoms with Crippen molar-refractivity contribution in [2.24, 2.45) is 10.8 Å². The highest BCUT2D eigenvalue weighted by Gasteiger charge is 2.24. The summed E-state index contributed by atoms with van der Waals surface area (Å²) in [7, 11) is 0. The topological polar surface area (TPSA) is 76.7 Å². The van der Waals surface area contributed by atoms with Crippen LogP contribution in [0.2, 0.25) is 0 Å². The fraction of sp³-hybridized carbons (Fsp3) is 0.714. The Labute approximate surface area is 71.0 Å². The summed E-state index contributed by atoms with van der Waals surface area (Å²) in [6, 6.07) is -0.623. The Bertz CT molecular complexity index is 195. The fourth-order valence-electron chi connectivity index (χ4n) is 1.04. The number of amides is 2. The highest BCUT2D eigenvalue weighted by Crippen LogP contribution is 2.19. The van der Waals surface area contributed by atoms with Crippen LogP contribution < -0.4 is 11.2 Å². The standard InChI is InChI=1S/C7H13N3O2/c1-2-12-6-3-5(4-6)9-10-7(8)11/h6H,2-4H2,1H3,(H3,8,10,11). The molecular formula is C7H13N3O2. The first kappa shape index (κ1) is 8.99. The number of nitrogens with one attached hydrogen (secondary N) is 1. The third-order valence-corrected chi connectivity index (χ3v) is 1.65. The number of hydrazone groups is 1. The third-order valence-electron chi connectivity index (χ3n) is 1.65. The van der Waals surface area contributed by atoms with Gasteiger partial charge in [0, 0.05) is 25.2 Å². The molecule has 1 saturated carbocycles. The molecule has 5 nitrogen and oxygen atoms in total. The largest absolute Gasteiger partial charge is 0.378 e. The molecule has 12 heavy (non-hydrogen) atoms. The predicted octanol–water partition coefficient (Wildman–Crippen LogP) is 0.210. The summed E-state index contributed by atoms with van der Waals surface area (Å²) in [5, 5.41) is 3.77. The van der Waals surface area contributed by atoms with E-state index in [4.69, 9.17) is 10.5 Å². The monoisotopic (exact) mass is 171 g/mol. The van der Waals surface area contributed by atoms with Crippen LogP contribution in [0.25, 0.3) is 0 Å². The lowest BCUT2D eigenvalue weighted by atomic mass is 9.93. The van der Waals surface area contributed by atoms with E-state index in [1.807, 2.05) is 6.92 Å². The van der Waals surface area contributed by atoms with Crippen LogP contribution in [-0.2, 0) is 4.74 Å². The Hall–Kier alpha value is -1.10. The van der Waals surface area contributed by atoms with Gasteiger partial charge in [-0.25, -0.2) is 10.2 Å². The molecule has 3 N–H and O–H groups in total. The minimum absolute atomic E-state index is 0.281. The molecule has 0 aromatic carbocycles. The quantitative estimate of drug-likeness (QED) is 0.595. The van der Waals surface area contributed by atoms with Crippen molar-refractivity contribution in [3.63, 3.8) is 0 Å². The maximum absolute atomic E-state index is 10.2. The summed E-state index contributed by atoms with van der Waals surface area (Å²) in [5.74, 6) is 0. The van der Waals surface area contributed by atoms with Crippen molar-refractivity contribution in [1.29, 1.82) is 0 Å². The smallest absolute Gasteiger partial charge is 0.332 e. The van der Waals surface area contributed by atoms with Crippen molar-refractivity contribution in [1.82, 2.24) is 5.43 Å². The summed E-state index contributed by atoms with van der Waals surface area (Å²) >= 11 is 0. The summed E-state index contributed by atoms with van der Waals surface area (Å²) < 4.78 is 5.29. The van der Waals surface area contributed by atoms with E-state index in [-0.39, 0.29) is 6.10 Å². The van der Waals surface area contributed by atoms with Crippen molar-refractivity contribution >= 4 is 11.7 Å². The van der Waals surface area contributed by atoms with Crippen molar-refractivity contribution in [2.45, 2.75) is 25.9 Å². The van der Waals surface area contributed by atoms with Gasteiger partial charge in [-0.3, -0.25) is 0 Å². The second kappa shape index (κ2) is 4.06. The molecule has 1 rings (SSSR count). The first-order chi connectivity index (χ1) is 5.72. The summed E-state index contributed by atoms with van der Waals surface area (Å²) in [4.78, 5) is 10.2. The zero-order valence-corrected chi connectivity index (χ0v) is 7.04. The van der Waals surface area contributed by atoms with Gasteiger partial charge in [-0.1, -0.05) is 0 Å². The van der Waals surface area contributed by atoms with Crippen LogP contribution in [0.15, 0.2) is 5.10 Å². The molecule has 1 aliphatic carbocycles. The maximum atomic E-state index is 10.2. The van der Waals surface area contributed by atoms with Crippen LogP contribution in [0.5, 0.6) is 0 Å². The Morgan fingerprint density at radius 1 is 1.83 bits per heavy atom. The third kappa shape index (κ3) is 2.50. The molecule has 0 aliphatic heterocycles. The minimum atomic E-state index is -0.623. The van der Waals surface area contributed by atoms with E-state index in [0.29, 0.717) is 0 Å². The van der Waals surface area contributed by atoms with Gasteiger partial charge < -0.3 is 10.5 Å². The SMILES string of the molecule is CCOC1CC(=NNC(N)=O)C1. The zero-order valence-electron chi connectivity index (χ0n) is 7.04. The Kier molecular flexibility index (Phi) is 3.04. The van der Waals surface area contributed by atoms with E-state index in [1.54, 1.807) is 0 Å². The van der Waals surface area contributed by atoms with E-state index in [9.17, 15) is 4.79 Å². The minimum Gasteiger partial charge on any atom is -0.378 e. The number of urea groups is 1. The number of nitrogens with zero attached hydrogens (tertiary/aromatic N) is 1. The first-order valence-corrected chi connectivity index (χ1v) is 3.95. The van der Waals surface area contributed by atoms with E-state index in [1.165, 1.54) is 0 Å². The molecule has 0 bridgehead atoms. The molecule has 2 amide bonds. The molecule has 0 spiro atoms. The Balaban J connectivity index is 2.15. The van der Waals surface area contributed by atoms with E-state index >= 15 is 0 Å². The Morgan fingerprint density at radius 2 is 2.50 bits per heavy atom. The number of carbonyl (C=O) groups is 1. The Morgan fingerprint density at radius 3 is 3.00 bits per heavy atom. The van der Waals surface area contributed by atoms with Gasteiger partial charge in [0.15, 0.2) is 0 Å². The molecule has 0 aromatic heterocycles. The van der Waals surface area contributed by atoms with Gasteiger partial charge in [0.2, 0.25) is 0 Å². The van der Waals surface area contributed by atoms with Crippen LogP contribution in [0.1, 0.15) is 19.8 Å². The molecule has 1 fully saturated rings. The molecule has 1 aliphatic rings. The van der Waals surface area contributed by atoms with Crippen LogP contribution in [0.4, 0.5) is 4.79 Å². The maximum Gasteiger partial charge on any atom is 0.332 e. The number of hydrogen-bond acceptors (Lipinski definition) is 3. The zero-order chi connectivity index (χ0) is 8.97. The predicted molar refractivity (Wildman–Crippen MR) is 44.8 cm³/mol. The summed E-state index contributed by atoms with van der Waals surface area (Å²) in [5.41, 5.74) is 7.94. The van der Waals surface area contributed by atoms with E-state index in [2.05, 4.69) is 10.5 Å². The van der Waals surface area contributed by atoms with E-state index < -0.39 is 6.03 Å². The first-order valence-electron chi connectivity index (χ1n) is 3.95. The van der Waals surface area contributed by atoms with Crippen molar-refractivity contribution in [3.05, 3.63) is 0 Å². The van der Waals surface area contributed by atoms with E-state index in [0.717, 1.165) is 25.2 Å². The normalized spacial score (nSPS) is 21.4. The lowest BCUT2D eigenvalue weighted by Crippen LogP contribution is -2.35. The van der Waals surface area contributed by atoms with Gasteiger partial charge >= 0.3 is 6.03 Å². The highest BCUT2D eigenvalue weighted by molar-refractivity contribution is 5.91. The lowest BCUT2D eigenvalue weighted by molar-refractivity contribution is 0.0560. The van der Waals surface area contributed by atoms with Gasteiger partial charge in [-0.2, -0.15) is 5.10 Å². The molecule has 0 radical (unpaired) electrons. The molecule has 0 aromatic rings. The van der Waals surface area contributed by atoms with Crippen LogP contribution >= 0.6 is 0 Å². The van der Waals surface area contributed by atoms with Crippen molar-refractivity contribution in [2.75, 3.05) is 6.61 Å². The average molecular weight is 171 g/mol. The van der Waals surface area contributed by atoms with Crippen LogP contribution in [0, 0.1) is 0 Å². The van der Waals surface area contributed by atoms with Crippen LogP contribution in [-0.4, -0.2) is 24.5 Å². The number of primary amides is 1. The molecule has 0 heterocycles. The van der Waals surface area contributed by atoms with Crippen LogP contribution in [0.3, 0.4) is 0 Å². The second-order valence-corrected chi connectivity index (χ2v) is 2.64. The average Bonchev–Trinajstić information content (AvgIpc) is 1.93. The van der Waals surface area contributed by atoms with Crippen molar-refractivity contribution in [3.8, 4) is 0 Å². The fourth-order valence-corrected chi connectivity index (χ4v) is 1.04. The molecular weight excluding hydrogens is 158 g/mol. The van der Waals surface area contributed by atoms with Gasteiger partial charge in [-0.15, -0.1) is 0 Å². The number of nitrogens with two attached hydrogens (primary N) is 1. The lowest BCUT2D eigenvalue weighted by Gasteiger charge is -2.26.